The van der Waals surface area contributed by atoms with Crippen LogP contribution in [0.2, 0.25) is 0 Å². The molecular weight excluding hydrogens is 732 g/mol. The fourth-order valence-electron chi connectivity index (χ4n) is 6.71. The van der Waals surface area contributed by atoms with Crippen molar-refractivity contribution < 1.29 is 67.7 Å². The quantitative estimate of drug-likeness (QED) is 0.189. The molecule has 18 heteroatoms. The molecule has 0 saturated carbocycles. The Kier molecular flexibility index (Phi) is 10.6. The molecule has 0 aromatic heterocycles. The minimum Gasteiger partial charge on any atom is -0.496 e. The Hall–Kier alpha value is -4.45. The van der Waals surface area contributed by atoms with Crippen LogP contribution in [0.25, 0.3) is 0 Å². The molecule has 0 radical (unpaired) electrons. The van der Waals surface area contributed by atoms with Gasteiger partial charge in [-0.1, -0.05) is 30.3 Å². The number of sulfone groups is 1. The summed E-state index contributed by atoms with van der Waals surface area (Å²) in [5.74, 6) is -4.05. The van der Waals surface area contributed by atoms with Gasteiger partial charge in [0.15, 0.2) is 9.84 Å². The highest BCUT2D eigenvalue weighted by molar-refractivity contribution is 7.92. The molecule has 1 unspecified atom stereocenters. The number of rotatable bonds is 9. The Morgan fingerprint density at radius 2 is 1.46 bits per heavy atom. The lowest BCUT2D eigenvalue weighted by Crippen LogP contribution is -2.56. The predicted molar refractivity (Wildman–Crippen MR) is 167 cm³/mol. The number of alkyl halides is 6. The summed E-state index contributed by atoms with van der Waals surface area (Å²) in [6, 6.07) is 8.39. The number of likely N-dealkylation sites (tertiary alicyclic amines) is 2. The Labute approximate surface area is 292 Å². The van der Waals surface area contributed by atoms with Gasteiger partial charge >= 0.3 is 24.4 Å². The first kappa shape index (κ1) is 38.8. The molecule has 0 bridgehead atoms. The van der Waals surface area contributed by atoms with Crippen LogP contribution in [0, 0.1) is 17.6 Å². The fraction of sp³-hybridized carbons (Fsp3) is 0.412. The third-order valence-electron chi connectivity index (χ3n) is 9.60. The van der Waals surface area contributed by atoms with E-state index in [9.17, 15) is 58.2 Å². The molecule has 2 heterocycles. The van der Waals surface area contributed by atoms with Gasteiger partial charge in [0.1, 0.15) is 22.1 Å². The fourth-order valence-corrected chi connectivity index (χ4v) is 8.78. The summed E-state index contributed by atoms with van der Waals surface area (Å²) in [5.41, 5.74) is -7.50. The second kappa shape index (κ2) is 14.2. The third kappa shape index (κ3) is 6.77. The molecule has 3 aromatic rings. The molecule has 2 saturated heterocycles. The van der Waals surface area contributed by atoms with Gasteiger partial charge in [-0.15, -0.1) is 0 Å². The zero-order valence-electron chi connectivity index (χ0n) is 27.3. The summed E-state index contributed by atoms with van der Waals surface area (Å²) < 4.78 is 152. The van der Waals surface area contributed by atoms with Crippen LogP contribution in [0.3, 0.4) is 0 Å². The number of methoxy groups -OCH3 is 1. The minimum atomic E-state index is -6.17. The van der Waals surface area contributed by atoms with Crippen LogP contribution in [0.15, 0.2) is 71.6 Å². The van der Waals surface area contributed by atoms with Gasteiger partial charge in [0.05, 0.1) is 30.1 Å². The first-order valence-corrected chi connectivity index (χ1v) is 17.2. The highest BCUT2D eigenvalue weighted by atomic mass is 32.2. The zero-order chi connectivity index (χ0) is 38.3. The number of urea groups is 1. The van der Waals surface area contributed by atoms with Gasteiger partial charge in [-0.2, -0.15) is 26.3 Å². The molecule has 3 aromatic carbocycles. The SMILES string of the molecule is COc1cccc(F)c1COC(c1ccc(C2(S(=O)(=O)c3ccc(F)cc3)CCN(C(=O)N3CCC(C(=O)O)CC3)C2)cc1)(C(F)(F)F)C(F)(F)F. The van der Waals surface area contributed by atoms with E-state index in [2.05, 4.69) is 4.74 Å². The number of ether oxygens (including phenoxy) is 2. The highest BCUT2D eigenvalue weighted by Gasteiger charge is 2.73. The Balaban J connectivity index is 1.57. The van der Waals surface area contributed by atoms with Gasteiger partial charge in [-0.25, -0.2) is 22.0 Å². The molecule has 0 spiro atoms. The van der Waals surface area contributed by atoms with Crippen LogP contribution >= 0.6 is 0 Å². The first-order chi connectivity index (χ1) is 24.3. The number of halogens is 8. The van der Waals surface area contributed by atoms with E-state index in [4.69, 9.17) is 4.74 Å². The minimum absolute atomic E-state index is 0.0500. The molecule has 52 heavy (non-hydrogen) atoms. The van der Waals surface area contributed by atoms with Crippen LogP contribution in [-0.4, -0.2) is 81.0 Å². The summed E-state index contributed by atoms with van der Waals surface area (Å²) >= 11 is 0. The molecular formula is C34H32F8N2O7S. The standard InChI is InChI=1S/C34H32F8N2O7S/c1-50-28-4-2-3-27(36)26(28)19-51-32(33(37,38)39,34(40,41)42)23-7-5-22(6-8-23)31(52(48,49)25-11-9-24(35)10-12-25)15-18-44(20-31)30(47)43-16-13-21(14-17-43)29(45)46/h2-12,21H,13-20H2,1H3,(H,45,46). The summed E-state index contributed by atoms with van der Waals surface area (Å²) in [7, 11) is -3.60. The van der Waals surface area contributed by atoms with Gasteiger partial charge in [0, 0.05) is 31.7 Å². The lowest BCUT2D eigenvalue weighted by molar-refractivity contribution is -0.392. The van der Waals surface area contributed by atoms with Crippen LogP contribution < -0.4 is 4.74 Å². The number of amides is 2. The normalized spacial score (nSPS) is 19.2. The largest absolute Gasteiger partial charge is 0.496 e. The van der Waals surface area contributed by atoms with Crippen molar-refractivity contribution in [2.24, 2.45) is 5.92 Å². The smallest absolute Gasteiger partial charge is 0.430 e. The van der Waals surface area contributed by atoms with E-state index in [0.717, 1.165) is 66.6 Å². The number of hydrogen-bond acceptors (Lipinski definition) is 6. The molecule has 1 N–H and O–H groups in total. The number of piperidine rings is 1. The molecule has 2 aliphatic heterocycles. The van der Waals surface area contributed by atoms with Gasteiger partial charge < -0.3 is 24.4 Å². The molecule has 9 nitrogen and oxygen atoms in total. The van der Waals surface area contributed by atoms with E-state index in [0.29, 0.717) is 12.1 Å². The van der Waals surface area contributed by atoms with E-state index in [1.165, 1.54) is 4.90 Å². The van der Waals surface area contributed by atoms with E-state index < -0.39 is 91.3 Å². The average Bonchev–Trinajstić information content (AvgIpc) is 3.55. The first-order valence-electron chi connectivity index (χ1n) is 15.8. The van der Waals surface area contributed by atoms with E-state index in [1.807, 2.05) is 0 Å². The molecule has 2 fully saturated rings. The molecule has 2 amide bonds. The topological polar surface area (TPSA) is 113 Å². The second-order valence-electron chi connectivity index (χ2n) is 12.5. The monoisotopic (exact) mass is 764 g/mol. The van der Waals surface area contributed by atoms with Crippen LogP contribution in [0.5, 0.6) is 5.75 Å². The maximum absolute atomic E-state index is 14.7. The van der Waals surface area contributed by atoms with Gasteiger partial charge in [0.25, 0.3) is 5.60 Å². The second-order valence-corrected chi connectivity index (χ2v) is 14.7. The summed E-state index contributed by atoms with van der Waals surface area (Å²) in [5, 5.41) is 9.30. The summed E-state index contributed by atoms with van der Waals surface area (Å²) in [6.07, 6.45) is -12.4. The van der Waals surface area contributed by atoms with Crippen molar-refractivity contribution in [2.75, 3.05) is 33.3 Å². The maximum atomic E-state index is 14.7. The number of aliphatic carboxylic acids is 1. The van der Waals surface area contributed by atoms with Crippen molar-refractivity contribution in [1.29, 1.82) is 0 Å². The third-order valence-corrected chi connectivity index (χ3v) is 12.1. The molecule has 0 aliphatic carbocycles. The Morgan fingerprint density at radius 3 is 2.00 bits per heavy atom. The van der Waals surface area contributed by atoms with Crippen molar-refractivity contribution in [3.63, 3.8) is 0 Å². The number of carboxylic acids is 1. The number of nitrogens with zero attached hydrogens (tertiary/aromatic N) is 2. The number of carbonyl (C=O) groups excluding carboxylic acids is 1. The predicted octanol–water partition coefficient (Wildman–Crippen LogP) is 6.80. The molecule has 5 rings (SSSR count). The summed E-state index contributed by atoms with van der Waals surface area (Å²) in [6.45, 7) is -2.22. The number of benzene rings is 3. The average molecular weight is 765 g/mol. The van der Waals surface area contributed by atoms with Crippen LogP contribution in [0.4, 0.5) is 39.9 Å². The van der Waals surface area contributed by atoms with E-state index >= 15 is 0 Å². The van der Waals surface area contributed by atoms with Gasteiger partial charge in [-0.05, 0) is 61.2 Å². The Bertz CT molecular complexity index is 1880. The van der Waals surface area contributed by atoms with E-state index in [-0.39, 0.29) is 50.2 Å². The van der Waals surface area contributed by atoms with Crippen molar-refractivity contribution in [2.45, 2.75) is 53.5 Å². The number of carbonyl (C=O) groups is 2. The number of carboxylic acid groups (broad SMARTS) is 1. The van der Waals surface area contributed by atoms with Crippen molar-refractivity contribution in [3.8, 4) is 5.75 Å². The van der Waals surface area contributed by atoms with E-state index in [1.54, 1.807) is 0 Å². The zero-order valence-corrected chi connectivity index (χ0v) is 28.1. The maximum Gasteiger partial charge on any atom is 0.430 e. The van der Waals surface area contributed by atoms with Crippen LogP contribution in [0.1, 0.15) is 36.0 Å². The van der Waals surface area contributed by atoms with Crippen LogP contribution in [-0.2, 0) is 36.3 Å². The Morgan fingerprint density at radius 1 is 0.865 bits per heavy atom. The van der Waals surface area contributed by atoms with Crippen molar-refractivity contribution in [1.82, 2.24) is 9.80 Å². The van der Waals surface area contributed by atoms with Crippen molar-refractivity contribution in [3.05, 3.63) is 95.1 Å². The lowest BCUT2D eigenvalue weighted by Gasteiger charge is -2.38. The molecule has 2 aliphatic rings. The highest BCUT2D eigenvalue weighted by Crippen LogP contribution is 2.54. The molecule has 282 valence electrons. The van der Waals surface area contributed by atoms with Gasteiger partial charge in [0.2, 0.25) is 0 Å². The summed E-state index contributed by atoms with van der Waals surface area (Å²) in [4.78, 5) is 27.0. The van der Waals surface area contributed by atoms with Crippen molar-refractivity contribution >= 4 is 21.8 Å². The molecule has 1 atom stereocenters. The number of hydrogen-bond donors (Lipinski definition) is 1. The lowest BCUT2D eigenvalue weighted by atomic mass is 9.88. The van der Waals surface area contributed by atoms with Gasteiger partial charge in [-0.3, -0.25) is 4.79 Å².